The van der Waals surface area contributed by atoms with Crippen LogP contribution in [0.2, 0.25) is 0 Å². The third kappa shape index (κ3) is 6.20. The molecule has 0 bridgehead atoms. The number of hydrogen-bond donors (Lipinski definition) is 1. The van der Waals surface area contributed by atoms with Gasteiger partial charge in [0.1, 0.15) is 5.75 Å². The summed E-state index contributed by atoms with van der Waals surface area (Å²) < 4.78 is 10.6. The van der Waals surface area contributed by atoms with Crippen LogP contribution in [-0.4, -0.2) is 52.8 Å². The maximum atomic E-state index is 12.2. The molecule has 39 heavy (non-hydrogen) atoms. The number of aromatic nitrogens is 3. The van der Waals surface area contributed by atoms with Gasteiger partial charge in [-0.25, -0.2) is 19.7 Å². The van der Waals surface area contributed by atoms with E-state index < -0.39 is 0 Å². The van der Waals surface area contributed by atoms with E-state index in [-0.39, 0.29) is 18.1 Å². The molecule has 9 heteroatoms. The number of nitrogens with zero attached hydrogens (tertiary/aromatic N) is 4. The highest BCUT2D eigenvalue weighted by atomic mass is 32.1. The molecule has 5 rings (SSSR count). The third-order valence-electron chi connectivity index (χ3n) is 6.91. The van der Waals surface area contributed by atoms with Crippen LogP contribution in [0.1, 0.15) is 49.2 Å². The molecule has 1 aliphatic rings. The van der Waals surface area contributed by atoms with Crippen LogP contribution in [0.25, 0.3) is 21.8 Å². The van der Waals surface area contributed by atoms with Gasteiger partial charge in [0, 0.05) is 30.8 Å². The van der Waals surface area contributed by atoms with Crippen LogP contribution >= 0.6 is 11.3 Å². The molecule has 1 N–H and O–H groups in total. The Labute approximate surface area is 233 Å². The first-order chi connectivity index (χ1) is 19.1. The van der Waals surface area contributed by atoms with Crippen LogP contribution in [0.5, 0.6) is 5.75 Å². The van der Waals surface area contributed by atoms with Gasteiger partial charge in [-0.05, 0) is 62.6 Å². The van der Waals surface area contributed by atoms with Crippen molar-refractivity contribution < 1.29 is 14.3 Å². The van der Waals surface area contributed by atoms with E-state index in [1.807, 2.05) is 55.5 Å². The number of amides is 1. The van der Waals surface area contributed by atoms with Gasteiger partial charge < -0.3 is 19.7 Å². The molecular weight excluding hydrogens is 510 g/mol. The number of anilines is 1. The quantitative estimate of drug-likeness (QED) is 0.262. The Bertz CT molecular complexity index is 1390. The number of carbonyl (C=O) groups excluding carboxylic acids is 1. The normalized spacial score (nSPS) is 14.6. The molecule has 1 saturated heterocycles. The van der Waals surface area contributed by atoms with Gasteiger partial charge in [0.2, 0.25) is 5.95 Å². The second-order valence-electron chi connectivity index (χ2n) is 9.46. The molecule has 3 heterocycles. The Morgan fingerprint density at radius 2 is 1.82 bits per heavy atom. The van der Waals surface area contributed by atoms with Gasteiger partial charge in [-0.1, -0.05) is 30.3 Å². The van der Waals surface area contributed by atoms with Crippen molar-refractivity contribution in [1.29, 1.82) is 0 Å². The van der Waals surface area contributed by atoms with Crippen molar-refractivity contribution in [2.75, 3.05) is 32.1 Å². The fourth-order valence-electron chi connectivity index (χ4n) is 4.73. The molecule has 2 aromatic heterocycles. The second-order valence-corrected chi connectivity index (χ2v) is 10.5. The number of nitrogens with one attached hydrogen (secondary N) is 1. The lowest BCUT2D eigenvalue weighted by molar-refractivity contribution is 0.0970. The minimum atomic E-state index is -0.236. The molecule has 0 saturated carbocycles. The molecule has 0 unspecified atom stereocenters. The van der Waals surface area contributed by atoms with Crippen molar-refractivity contribution in [3.8, 4) is 27.6 Å². The monoisotopic (exact) mass is 543 g/mol. The third-order valence-corrected chi connectivity index (χ3v) is 8.15. The molecule has 8 nitrogen and oxygen atoms in total. The molecule has 1 atom stereocenters. The zero-order valence-electron chi connectivity index (χ0n) is 22.5. The first kappa shape index (κ1) is 26.6. The highest BCUT2D eigenvalue weighted by molar-refractivity contribution is 7.15. The van der Waals surface area contributed by atoms with E-state index in [0.29, 0.717) is 25.6 Å². The smallest absolute Gasteiger partial charge is 0.409 e. The summed E-state index contributed by atoms with van der Waals surface area (Å²) >= 11 is 1.67. The number of methoxy groups -OCH3 is 1. The summed E-state index contributed by atoms with van der Waals surface area (Å²) in [5, 5.41) is 4.49. The van der Waals surface area contributed by atoms with Crippen LogP contribution in [0, 0.1) is 0 Å². The minimum Gasteiger partial charge on any atom is -0.497 e. The molecule has 4 aromatic rings. The number of likely N-dealkylation sites (tertiary alicyclic amines) is 1. The van der Waals surface area contributed by atoms with Crippen molar-refractivity contribution >= 4 is 23.4 Å². The van der Waals surface area contributed by atoms with E-state index in [1.54, 1.807) is 29.5 Å². The molecule has 0 aliphatic carbocycles. The number of thiazole rings is 1. The average molecular weight is 544 g/mol. The molecule has 1 amide bonds. The molecule has 1 aliphatic heterocycles. The topological polar surface area (TPSA) is 89.5 Å². The van der Waals surface area contributed by atoms with Crippen molar-refractivity contribution in [3.05, 3.63) is 77.4 Å². The summed E-state index contributed by atoms with van der Waals surface area (Å²) in [5.41, 5.74) is 3.89. The van der Waals surface area contributed by atoms with Gasteiger partial charge in [0.25, 0.3) is 0 Å². The first-order valence-corrected chi connectivity index (χ1v) is 14.1. The number of benzene rings is 2. The SMILES string of the molecule is CCOC(=O)N1CCC(c2nc(-c3ccc(OC)cc3)c(-c3ccnc(N[C@@H](C)c4ccccc4)n3)s2)CC1. The lowest BCUT2D eigenvalue weighted by Crippen LogP contribution is -2.38. The Balaban J connectivity index is 1.44. The summed E-state index contributed by atoms with van der Waals surface area (Å²) in [6.07, 6.45) is 3.25. The molecular formula is C30H33N5O3S. The first-order valence-electron chi connectivity index (χ1n) is 13.3. The van der Waals surface area contributed by atoms with Crippen molar-refractivity contribution in [2.45, 2.75) is 38.6 Å². The van der Waals surface area contributed by atoms with Gasteiger partial charge in [0.15, 0.2) is 0 Å². The van der Waals surface area contributed by atoms with E-state index in [1.165, 1.54) is 5.56 Å². The van der Waals surface area contributed by atoms with Crippen molar-refractivity contribution in [2.24, 2.45) is 0 Å². The van der Waals surface area contributed by atoms with Crippen molar-refractivity contribution in [3.63, 3.8) is 0 Å². The predicted octanol–water partition coefficient (Wildman–Crippen LogP) is 6.78. The van der Waals surface area contributed by atoms with E-state index in [9.17, 15) is 4.79 Å². The van der Waals surface area contributed by atoms with Crippen LogP contribution < -0.4 is 10.1 Å². The summed E-state index contributed by atoms with van der Waals surface area (Å²) in [4.78, 5) is 29.5. The number of ether oxygens (including phenoxy) is 2. The Hall–Kier alpha value is -3.98. The van der Waals surface area contributed by atoms with Crippen LogP contribution in [0.3, 0.4) is 0 Å². The number of rotatable bonds is 8. The molecule has 0 radical (unpaired) electrons. The lowest BCUT2D eigenvalue weighted by atomic mass is 9.98. The van der Waals surface area contributed by atoms with Crippen LogP contribution in [0.4, 0.5) is 10.7 Å². The number of piperidine rings is 1. The van der Waals surface area contributed by atoms with E-state index in [4.69, 9.17) is 19.4 Å². The minimum absolute atomic E-state index is 0.0594. The summed E-state index contributed by atoms with van der Waals surface area (Å²) in [7, 11) is 1.66. The average Bonchev–Trinajstić information content (AvgIpc) is 3.44. The Kier molecular flexibility index (Phi) is 8.36. The van der Waals surface area contributed by atoms with E-state index in [0.717, 1.165) is 45.4 Å². The van der Waals surface area contributed by atoms with Gasteiger partial charge in [-0.15, -0.1) is 11.3 Å². The van der Waals surface area contributed by atoms with Gasteiger partial charge in [-0.3, -0.25) is 0 Å². The number of carbonyl (C=O) groups is 1. The Morgan fingerprint density at radius 3 is 2.51 bits per heavy atom. The fourth-order valence-corrected chi connectivity index (χ4v) is 5.95. The zero-order valence-corrected chi connectivity index (χ0v) is 23.3. The van der Waals surface area contributed by atoms with E-state index >= 15 is 0 Å². The van der Waals surface area contributed by atoms with Gasteiger partial charge >= 0.3 is 6.09 Å². The fraction of sp³-hybridized carbons (Fsp3) is 0.333. The second kappa shape index (κ2) is 12.3. The summed E-state index contributed by atoms with van der Waals surface area (Å²) in [5.74, 6) is 1.64. The molecule has 202 valence electrons. The van der Waals surface area contributed by atoms with Crippen LogP contribution in [-0.2, 0) is 4.74 Å². The van der Waals surface area contributed by atoms with Gasteiger partial charge in [0.05, 0.1) is 41.0 Å². The maximum absolute atomic E-state index is 12.2. The summed E-state index contributed by atoms with van der Waals surface area (Å²) in [6, 6.07) is 20.2. The lowest BCUT2D eigenvalue weighted by Gasteiger charge is -2.30. The zero-order chi connectivity index (χ0) is 27.2. The van der Waals surface area contributed by atoms with Crippen LogP contribution in [0.15, 0.2) is 66.9 Å². The Morgan fingerprint density at radius 1 is 1.08 bits per heavy atom. The predicted molar refractivity (Wildman–Crippen MR) is 154 cm³/mol. The molecule has 1 fully saturated rings. The molecule has 0 spiro atoms. The standard InChI is InChI=1S/C30H33N5O3S/c1-4-38-30(36)35-18-15-23(16-19-35)28-34-26(22-10-12-24(37-3)13-11-22)27(39-28)25-14-17-31-29(33-25)32-20(2)21-8-6-5-7-9-21/h5-14,17,20,23H,4,15-16,18-19H2,1-3H3,(H,31,32,33)/t20-/m0/s1. The molecule has 2 aromatic carbocycles. The van der Waals surface area contributed by atoms with E-state index in [2.05, 4.69) is 29.4 Å². The van der Waals surface area contributed by atoms with Crippen molar-refractivity contribution in [1.82, 2.24) is 19.9 Å². The van der Waals surface area contributed by atoms with Gasteiger partial charge in [-0.2, -0.15) is 0 Å². The summed E-state index contributed by atoms with van der Waals surface area (Å²) in [6.45, 7) is 5.64. The highest BCUT2D eigenvalue weighted by Gasteiger charge is 2.28. The largest absolute Gasteiger partial charge is 0.497 e. The highest BCUT2D eigenvalue weighted by Crippen LogP contribution is 2.41. The maximum Gasteiger partial charge on any atom is 0.409 e. The number of hydrogen-bond acceptors (Lipinski definition) is 8.